The van der Waals surface area contributed by atoms with E-state index in [1.807, 2.05) is 12.3 Å². The van der Waals surface area contributed by atoms with Gasteiger partial charge in [0.15, 0.2) is 0 Å². The molecular weight excluding hydrogens is 259 g/mol. The lowest BCUT2D eigenvalue weighted by Gasteiger charge is -2.03. The lowest BCUT2D eigenvalue weighted by Crippen LogP contribution is -1.99. The third-order valence-electron chi connectivity index (χ3n) is 3.16. The van der Waals surface area contributed by atoms with Crippen molar-refractivity contribution >= 4 is 16.9 Å². The summed E-state index contributed by atoms with van der Waals surface area (Å²) in [5, 5.41) is 0.903. The zero-order valence-corrected chi connectivity index (χ0v) is 10.9. The van der Waals surface area contributed by atoms with Crippen molar-refractivity contribution in [2.45, 2.75) is 6.42 Å². The van der Waals surface area contributed by atoms with Gasteiger partial charge >= 0.3 is 0 Å². The molecule has 0 atom stereocenters. The molecule has 0 fully saturated rings. The van der Waals surface area contributed by atoms with Crippen molar-refractivity contribution in [1.82, 2.24) is 15.0 Å². The highest BCUT2D eigenvalue weighted by Gasteiger charge is 2.10. The van der Waals surface area contributed by atoms with Crippen molar-refractivity contribution in [3.63, 3.8) is 0 Å². The Hall–Kier alpha value is -2.63. The zero-order chi connectivity index (χ0) is 14.1. The Morgan fingerprint density at radius 2 is 2.20 bits per heavy atom. The minimum atomic E-state index is -0.546. The van der Waals surface area contributed by atoms with E-state index in [4.69, 9.17) is 10.5 Å². The van der Waals surface area contributed by atoms with Gasteiger partial charge in [0.2, 0.25) is 5.95 Å². The summed E-state index contributed by atoms with van der Waals surface area (Å²) in [5.74, 6) is 0.290. The average molecular weight is 272 g/mol. The predicted molar refractivity (Wildman–Crippen MR) is 74.1 cm³/mol. The van der Waals surface area contributed by atoms with Crippen LogP contribution in [0.2, 0.25) is 0 Å². The Morgan fingerprint density at radius 1 is 1.35 bits per heavy atom. The van der Waals surface area contributed by atoms with Crippen LogP contribution in [0.1, 0.15) is 11.1 Å². The summed E-state index contributed by atoms with van der Waals surface area (Å²) in [6.07, 6.45) is 3.86. The molecule has 0 aliphatic heterocycles. The summed E-state index contributed by atoms with van der Waals surface area (Å²) >= 11 is 0. The van der Waals surface area contributed by atoms with Crippen LogP contribution in [0.15, 0.2) is 30.6 Å². The van der Waals surface area contributed by atoms with Crippen LogP contribution in [0.4, 0.5) is 10.2 Å². The Kier molecular flexibility index (Phi) is 2.98. The van der Waals surface area contributed by atoms with E-state index in [0.29, 0.717) is 17.7 Å². The molecule has 0 aliphatic rings. The van der Waals surface area contributed by atoms with E-state index >= 15 is 0 Å². The summed E-state index contributed by atoms with van der Waals surface area (Å²) in [5.41, 5.74) is 7.60. The fourth-order valence-corrected chi connectivity index (χ4v) is 2.11. The Morgan fingerprint density at radius 3 is 2.95 bits per heavy atom. The van der Waals surface area contributed by atoms with Gasteiger partial charge in [-0.1, -0.05) is 6.07 Å². The normalized spacial score (nSPS) is 10.9. The van der Waals surface area contributed by atoms with E-state index in [9.17, 15) is 4.39 Å². The quantitative estimate of drug-likeness (QED) is 0.717. The summed E-state index contributed by atoms with van der Waals surface area (Å²) in [6, 6.07) is 5.10. The number of H-pyrrole nitrogens is 1. The molecular formula is C14H13FN4O. The van der Waals surface area contributed by atoms with Gasteiger partial charge in [-0.2, -0.15) is 4.39 Å². The molecule has 0 unspecified atom stereocenters. The molecule has 0 amide bonds. The molecule has 3 N–H and O–H groups in total. The van der Waals surface area contributed by atoms with Crippen molar-refractivity contribution < 1.29 is 9.13 Å². The molecule has 3 heterocycles. The van der Waals surface area contributed by atoms with Gasteiger partial charge in [-0.3, -0.25) is 0 Å². The Bertz CT molecular complexity index is 769. The number of nitrogens with one attached hydrogen (secondary N) is 1. The fourth-order valence-electron chi connectivity index (χ4n) is 2.11. The van der Waals surface area contributed by atoms with Crippen LogP contribution in [-0.4, -0.2) is 22.1 Å². The molecule has 0 aliphatic carbocycles. The van der Waals surface area contributed by atoms with Crippen molar-refractivity contribution in [2.24, 2.45) is 0 Å². The number of halogens is 1. The second kappa shape index (κ2) is 4.80. The number of fused-ring (bicyclic) bond motifs is 1. The molecule has 0 saturated heterocycles. The molecule has 3 rings (SSSR count). The number of aromatic amines is 1. The van der Waals surface area contributed by atoms with E-state index in [1.54, 1.807) is 25.4 Å². The topological polar surface area (TPSA) is 76.8 Å². The monoisotopic (exact) mass is 272 g/mol. The van der Waals surface area contributed by atoms with Crippen LogP contribution in [-0.2, 0) is 6.42 Å². The standard InChI is InChI=1S/C14H13FN4O/c1-20-10-5-11-9(6-17-14(11)18-7-10)4-8-2-3-12(16)19-13(8)15/h2-3,5-7H,4H2,1H3,(H2,16,19)(H,17,18). The minimum absolute atomic E-state index is 0.175. The third kappa shape index (κ3) is 2.16. The van der Waals surface area contributed by atoms with Gasteiger partial charge in [0.1, 0.15) is 17.2 Å². The number of hydrogen-bond acceptors (Lipinski definition) is 4. The van der Waals surface area contributed by atoms with E-state index in [0.717, 1.165) is 16.6 Å². The first-order valence-corrected chi connectivity index (χ1v) is 6.08. The van der Waals surface area contributed by atoms with Crippen LogP contribution >= 0.6 is 0 Å². The molecule has 0 saturated carbocycles. The number of aromatic nitrogens is 3. The summed E-state index contributed by atoms with van der Waals surface area (Å²) < 4.78 is 18.9. The number of hydrogen-bond donors (Lipinski definition) is 2. The second-order valence-corrected chi connectivity index (χ2v) is 4.45. The van der Waals surface area contributed by atoms with Gasteiger partial charge in [0.05, 0.1) is 13.3 Å². The van der Waals surface area contributed by atoms with Crippen molar-refractivity contribution in [3.8, 4) is 5.75 Å². The van der Waals surface area contributed by atoms with Crippen molar-refractivity contribution in [2.75, 3.05) is 12.8 Å². The maximum absolute atomic E-state index is 13.7. The zero-order valence-electron chi connectivity index (χ0n) is 10.9. The molecule has 3 aromatic heterocycles. The largest absolute Gasteiger partial charge is 0.495 e. The molecule has 0 bridgehead atoms. The highest BCUT2D eigenvalue weighted by molar-refractivity contribution is 5.81. The van der Waals surface area contributed by atoms with Crippen LogP contribution in [0.25, 0.3) is 11.0 Å². The number of pyridine rings is 2. The number of rotatable bonds is 3. The van der Waals surface area contributed by atoms with E-state index in [2.05, 4.69) is 15.0 Å². The molecule has 3 aromatic rings. The molecule has 0 spiro atoms. The first-order chi connectivity index (χ1) is 9.67. The molecule has 0 aromatic carbocycles. The number of anilines is 1. The molecule has 20 heavy (non-hydrogen) atoms. The smallest absolute Gasteiger partial charge is 0.218 e. The maximum atomic E-state index is 13.7. The second-order valence-electron chi connectivity index (χ2n) is 4.45. The third-order valence-corrected chi connectivity index (χ3v) is 3.16. The first-order valence-electron chi connectivity index (χ1n) is 6.08. The number of nitrogens with two attached hydrogens (primary N) is 1. The van der Waals surface area contributed by atoms with Gasteiger partial charge in [-0.05, 0) is 17.7 Å². The highest BCUT2D eigenvalue weighted by atomic mass is 19.1. The molecule has 5 nitrogen and oxygen atoms in total. The lowest BCUT2D eigenvalue weighted by molar-refractivity contribution is 0.413. The SMILES string of the molecule is COc1cnc2[nH]cc(Cc3ccc(N)nc3F)c2c1. The van der Waals surface area contributed by atoms with Gasteiger partial charge in [0, 0.05) is 23.6 Å². The fraction of sp³-hybridized carbons (Fsp3) is 0.143. The van der Waals surface area contributed by atoms with E-state index in [1.165, 1.54) is 0 Å². The summed E-state index contributed by atoms with van der Waals surface area (Å²) in [7, 11) is 1.58. The summed E-state index contributed by atoms with van der Waals surface area (Å²) in [6.45, 7) is 0. The molecule has 102 valence electrons. The maximum Gasteiger partial charge on any atom is 0.218 e. The molecule has 0 radical (unpaired) electrons. The lowest BCUT2D eigenvalue weighted by atomic mass is 10.1. The van der Waals surface area contributed by atoms with Crippen LogP contribution in [0.5, 0.6) is 5.75 Å². The van der Waals surface area contributed by atoms with Gasteiger partial charge in [-0.25, -0.2) is 9.97 Å². The molecule has 6 heteroatoms. The Balaban J connectivity index is 2.01. The van der Waals surface area contributed by atoms with E-state index < -0.39 is 5.95 Å². The van der Waals surface area contributed by atoms with Crippen LogP contribution < -0.4 is 10.5 Å². The average Bonchev–Trinajstić information content (AvgIpc) is 2.84. The number of ether oxygens (including phenoxy) is 1. The van der Waals surface area contributed by atoms with Crippen LogP contribution in [0, 0.1) is 5.95 Å². The minimum Gasteiger partial charge on any atom is -0.495 e. The number of nitrogen functional groups attached to an aromatic ring is 1. The number of methoxy groups -OCH3 is 1. The van der Waals surface area contributed by atoms with E-state index in [-0.39, 0.29) is 5.82 Å². The van der Waals surface area contributed by atoms with Gasteiger partial charge in [0.25, 0.3) is 0 Å². The van der Waals surface area contributed by atoms with Crippen molar-refractivity contribution in [3.05, 3.63) is 47.7 Å². The van der Waals surface area contributed by atoms with Crippen LogP contribution in [0.3, 0.4) is 0 Å². The highest BCUT2D eigenvalue weighted by Crippen LogP contribution is 2.24. The van der Waals surface area contributed by atoms with Crippen molar-refractivity contribution in [1.29, 1.82) is 0 Å². The number of nitrogens with zero attached hydrogens (tertiary/aromatic N) is 2. The Labute approximate surface area is 114 Å². The first kappa shape index (κ1) is 12.4. The van der Waals surface area contributed by atoms with Gasteiger partial charge < -0.3 is 15.5 Å². The van der Waals surface area contributed by atoms with Gasteiger partial charge in [-0.15, -0.1) is 0 Å². The summed E-state index contributed by atoms with van der Waals surface area (Å²) in [4.78, 5) is 10.9. The predicted octanol–water partition coefficient (Wildman–Crippen LogP) is 2.28.